The molecule has 26 heavy (non-hydrogen) atoms. The average Bonchev–Trinajstić information content (AvgIpc) is 3.17. The number of rotatable bonds is 3. The van der Waals surface area contributed by atoms with E-state index in [1.807, 2.05) is 59.2 Å². The molecular weight excluding hydrogens is 390 g/mol. The Morgan fingerprint density at radius 1 is 1.27 bits per heavy atom. The van der Waals surface area contributed by atoms with Crippen LogP contribution in [0.5, 0.6) is 0 Å². The summed E-state index contributed by atoms with van der Waals surface area (Å²) in [6, 6.07) is 19.8. The van der Waals surface area contributed by atoms with Gasteiger partial charge in [-0.15, -0.1) is 0 Å². The van der Waals surface area contributed by atoms with Crippen molar-refractivity contribution in [2.24, 2.45) is 5.92 Å². The van der Waals surface area contributed by atoms with E-state index in [1.165, 1.54) is 0 Å². The number of nitrogens with zero attached hydrogens (tertiary/aromatic N) is 3. The van der Waals surface area contributed by atoms with Crippen molar-refractivity contribution < 1.29 is 4.79 Å². The van der Waals surface area contributed by atoms with Gasteiger partial charge in [-0.3, -0.25) is 4.79 Å². The van der Waals surface area contributed by atoms with Crippen LogP contribution in [0, 0.1) is 17.2 Å². The Hall–Kier alpha value is -2.58. The second-order valence-corrected chi connectivity index (χ2v) is 7.82. The van der Waals surface area contributed by atoms with E-state index >= 15 is 0 Å². The number of fused-ring (bicyclic) bond motifs is 1. The summed E-state index contributed by atoms with van der Waals surface area (Å²) in [4.78, 5) is 14.9. The summed E-state index contributed by atoms with van der Waals surface area (Å²) in [6.45, 7) is 2.06. The molecule has 2 aromatic carbocycles. The lowest BCUT2D eigenvalue weighted by atomic mass is 10.2. The summed E-state index contributed by atoms with van der Waals surface area (Å²) in [6.07, 6.45) is 0.763. The molecular formula is C21H18BrN3O. The van der Waals surface area contributed by atoms with Crippen LogP contribution >= 0.6 is 15.9 Å². The van der Waals surface area contributed by atoms with Crippen LogP contribution in [0.1, 0.15) is 23.8 Å². The van der Waals surface area contributed by atoms with E-state index < -0.39 is 5.54 Å². The topological polar surface area (TPSA) is 49.0 Å². The highest BCUT2D eigenvalue weighted by Gasteiger charge is 2.55. The van der Waals surface area contributed by atoms with Crippen LogP contribution in [-0.4, -0.2) is 17.5 Å². The van der Waals surface area contributed by atoms with E-state index in [2.05, 4.69) is 28.9 Å². The fourth-order valence-corrected chi connectivity index (χ4v) is 4.02. The summed E-state index contributed by atoms with van der Waals surface area (Å²) in [7, 11) is 1.77. The molecule has 0 aliphatic heterocycles. The minimum absolute atomic E-state index is 0.114. The van der Waals surface area contributed by atoms with Gasteiger partial charge >= 0.3 is 0 Å². The number of aromatic nitrogens is 1. The van der Waals surface area contributed by atoms with Crippen LogP contribution in [0.3, 0.4) is 0 Å². The summed E-state index contributed by atoms with van der Waals surface area (Å²) in [5.41, 5.74) is 1.66. The standard InChI is InChI=1S/C21H18BrN3O/c1-14-12-21(14,13-23)25-18-9-8-16(22)10-15(18)11-19(25)20(26)24(2)17-6-4-3-5-7-17/h3-11,14H,12H2,1-2H3/t14-,21+/m0/s1. The zero-order valence-electron chi connectivity index (χ0n) is 14.6. The van der Waals surface area contributed by atoms with Gasteiger partial charge in [-0.05, 0) is 48.7 Å². The number of anilines is 1. The van der Waals surface area contributed by atoms with Crippen LogP contribution < -0.4 is 4.90 Å². The van der Waals surface area contributed by atoms with Gasteiger partial charge in [0.15, 0.2) is 0 Å². The molecule has 1 saturated carbocycles. The summed E-state index contributed by atoms with van der Waals surface area (Å²) < 4.78 is 2.90. The van der Waals surface area contributed by atoms with Crippen LogP contribution in [0.25, 0.3) is 10.9 Å². The third-order valence-electron chi connectivity index (χ3n) is 5.30. The molecule has 1 aliphatic carbocycles. The normalized spacial score (nSPS) is 21.4. The number of hydrogen-bond donors (Lipinski definition) is 0. The molecule has 0 radical (unpaired) electrons. The van der Waals surface area contributed by atoms with E-state index in [9.17, 15) is 10.1 Å². The zero-order chi connectivity index (χ0) is 18.5. The van der Waals surface area contributed by atoms with Crippen LogP contribution in [-0.2, 0) is 5.54 Å². The first-order valence-electron chi connectivity index (χ1n) is 8.54. The van der Waals surface area contributed by atoms with Gasteiger partial charge in [-0.1, -0.05) is 41.1 Å². The minimum Gasteiger partial charge on any atom is -0.317 e. The van der Waals surface area contributed by atoms with Crippen molar-refractivity contribution in [3.63, 3.8) is 0 Å². The Labute approximate surface area is 160 Å². The molecule has 0 saturated heterocycles. The molecule has 1 heterocycles. The first-order chi connectivity index (χ1) is 12.5. The third kappa shape index (κ3) is 2.45. The lowest BCUT2D eigenvalue weighted by molar-refractivity contribution is 0.0982. The highest BCUT2D eigenvalue weighted by molar-refractivity contribution is 9.10. The fraction of sp³-hybridized carbons (Fsp3) is 0.238. The Morgan fingerprint density at radius 3 is 2.58 bits per heavy atom. The summed E-state index contributed by atoms with van der Waals surface area (Å²) in [5, 5.41) is 10.8. The fourth-order valence-electron chi connectivity index (χ4n) is 3.64. The molecule has 0 unspecified atom stereocenters. The summed E-state index contributed by atoms with van der Waals surface area (Å²) in [5.74, 6) is 0.109. The molecule has 0 bridgehead atoms. The SMILES string of the molecule is C[C@H]1C[C@]1(C#N)n1c(C(=O)N(C)c2ccccc2)cc2cc(Br)ccc21. The van der Waals surface area contributed by atoms with Crippen LogP contribution in [0.15, 0.2) is 59.1 Å². The Kier molecular flexibility index (Phi) is 3.89. The quantitative estimate of drug-likeness (QED) is 0.617. The largest absolute Gasteiger partial charge is 0.317 e. The van der Waals surface area contributed by atoms with E-state index in [1.54, 1.807) is 11.9 Å². The van der Waals surface area contributed by atoms with Gasteiger partial charge < -0.3 is 9.47 Å². The summed E-state index contributed by atoms with van der Waals surface area (Å²) >= 11 is 3.49. The molecule has 0 spiro atoms. The van der Waals surface area contributed by atoms with Crippen molar-refractivity contribution in [1.82, 2.24) is 4.57 Å². The van der Waals surface area contributed by atoms with Crippen LogP contribution in [0.2, 0.25) is 0 Å². The molecule has 0 N–H and O–H groups in total. The van der Waals surface area contributed by atoms with Gasteiger partial charge in [-0.25, -0.2) is 0 Å². The zero-order valence-corrected chi connectivity index (χ0v) is 16.2. The first-order valence-corrected chi connectivity index (χ1v) is 9.33. The Balaban J connectivity index is 1.90. The molecule has 5 heteroatoms. The number of hydrogen-bond acceptors (Lipinski definition) is 2. The van der Waals surface area contributed by atoms with Crippen molar-refractivity contribution in [3.05, 3.63) is 64.8 Å². The number of halogens is 1. The van der Waals surface area contributed by atoms with Gasteiger partial charge in [-0.2, -0.15) is 5.26 Å². The van der Waals surface area contributed by atoms with Gasteiger partial charge in [0.25, 0.3) is 5.91 Å². The first kappa shape index (κ1) is 16.9. The number of carbonyl (C=O) groups excluding carboxylic acids is 1. The van der Waals surface area contributed by atoms with Crippen molar-refractivity contribution in [1.29, 1.82) is 5.26 Å². The molecule has 1 aromatic heterocycles. The van der Waals surface area contributed by atoms with Gasteiger partial charge in [0.05, 0.1) is 11.6 Å². The highest BCUT2D eigenvalue weighted by atomic mass is 79.9. The van der Waals surface area contributed by atoms with Crippen molar-refractivity contribution >= 4 is 38.4 Å². The number of carbonyl (C=O) groups is 1. The van der Waals surface area contributed by atoms with E-state index in [4.69, 9.17) is 0 Å². The molecule has 4 rings (SSSR count). The molecule has 2 atom stereocenters. The molecule has 1 amide bonds. The minimum atomic E-state index is -0.641. The van der Waals surface area contributed by atoms with Crippen LogP contribution in [0.4, 0.5) is 5.69 Å². The van der Waals surface area contributed by atoms with E-state index in [0.29, 0.717) is 5.69 Å². The predicted molar refractivity (Wildman–Crippen MR) is 106 cm³/mol. The molecule has 130 valence electrons. The lowest BCUT2D eigenvalue weighted by Gasteiger charge is -2.21. The maximum absolute atomic E-state index is 13.3. The predicted octanol–water partition coefficient (Wildman–Crippen LogP) is 4.94. The lowest BCUT2D eigenvalue weighted by Crippen LogP contribution is -2.31. The second kappa shape index (κ2) is 6.00. The van der Waals surface area contributed by atoms with Gasteiger partial charge in [0.2, 0.25) is 0 Å². The molecule has 3 aromatic rings. The second-order valence-electron chi connectivity index (χ2n) is 6.91. The molecule has 1 aliphatic rings. The van der Waals surface area contributed by atoms with Gasteiger partial charge in [0.1, 0.15) is 11.2 Å². The number of nitriles is 1. The third-order valence-corrected chi connectivity index (χ3v) is 5.79. The Morgan fingerprint density at radius 2 is 1.96 bits per heavy atom. The molecule has 1 fully saturated rings. The highest BCUT2D eigenvalue weighted by Crippen LogP contribution is 2.52. The van der Waals surface area contributed by atoms with Crippen molar-refractivity contribution in [2.45, 2.75) is 18.9 Å². The molecule has 4 nitrogen and oxygen atoms in total. The number of para-hydroxylation sites is 1. The maximum atomic E-state index is 13.3. The average molecular weight is 408 g/mol. The van der Waals surface area contributed by atoms with Gasteiger partial charge in [0, 0.05) is 22.6 Å². The van der Waals surface area contributed by atoms with Crippen molar-refractivity contribution in [2.75, 3.05) is 11.9 Å². The number of benzene rings is 2. The van der Waals surface area contributed by atoms with E-state index in [-0.39, 0.29) is 11.8 Å². The monoisotopic (exact) mass is 407 g/mol. The smallest absolute Gasteiger partial charge is 0.274 e. The van der Waals surface area contributed by atoms with Crippen molar-refractivity contribution in [3.8, 4) is 6.07 Å². The van der Waals surface area contributed by atoms with E-state index in [0.717, 1.165) is 27.5 Å². The maximum Gasteiger partial charge on any atom is 0.274 e. The Bertz CT molecular complexity index is 1050. The number of amides is 1.